The number of carbonyl (C=O) groups excluding carboxylic acids is 2. The summed E-state index contributed by atoms with van der Waals surface area (Å²) >= 11 is 0. The summed E-state index contributed by atoms with van der Waals surface area (Å²) in [5, 5.41) is 17.2. The third kappa shape index (κ3) is 13.4. The zero-order valence-electron chi connectivity index (χ0n) is 44.5. The molecule has 8 aromatic rings. The maximum Gasteiger partial charge on any atom is 0.416 e. The Morgan fingerprint density at radius 3 is 1.25 bits per heavy atom. The van der Waals surface area contributed by atoms with Gasteiger partial charge in [0, 0.05) is 75.7 Å². The third-order valence-electron chi connectivity index (χ3n) is 13.5. The van der Waals surface area contributed by atoms with Gasteiger partial charge < -0.3 is 51.7 Å². The molecular formula is C54H52F10N14O6. The highest BCUT2D eigenvalue weighted by molar-refractivity contribution is 6.01. The Balaban J connectivity index is 0.000000202. The first-order valence-corrected chi connectivity index (χ1v) is 25.5. The number of benzene rings is 4. The summed E-state index contributed by atoms with van der Waals surface area (Å²) in [7, 11) is 3.05. The first-order chi connectivity index (χ1) is 40.1. The molecule has 0 unspecified atom stereocenters. The van der Waals surface area contributed by atoms with E-state index in [1.807, 2.05) is 10.6 Å². The lowest BCUT2D eigenvalue weighted by Crippen LogP contribution is -2.36. The van der Waals surface area contributed by atoms with Gasteiger partial charge in [-0.15, -0.1) is 0 Å². The average Bonchev–Trinajstić information content (AvgIpc) is 1.82. The number of morpholine rings is 2. The van der Waals surface area contributed by atoms with Gasteiger partial charge in [-0.1, -0.05) is 12.1 Å². The van der Waals surface area contributed by atoms with Crippen LogP contribution in [0, 0.1) is 23.3 Å². The number of anilines is 6. The zero-order chi connectivity index (χ0) is 60.0. The average molecular weight is 1180 g/mol. The number of rotatable bonds is 14. The van der Waals surface area contributed by atoms with Gasteiger partial charge in [0.2, 0.25) is 0 Å². The van der Waals surface area contributed by atoms with Crippen LogP contribution < -0.4 is 32.7 Å². The van der Waals surface area contributed by atoms with Crippen molar-refractivity contribution in [1.29, 1.82) is 0 Å². The summed E-state index contributed by atoms with van der Waals surface area (Å²) in [4.78, 5) is 37.5. The molecule has 2 saturated heterocycles. The molecule has 0 radical (unpaired) electrons. The maximum absolute atomic E-state index is 15.3. The number of nitrogens with zero attached hydrogens (tertiary/aromatic N) is 8. The molecule has 2 fully saturated rings. The van der Waals surface area contributed by atoms with Crippen molar-refractivity contribution in [2.45, 2.75) is 38.7 Å². The molecular weight excluding hydrogens is 1130 g/mol. The van der Waals surface area contributed by atoms with E-state index in [0.717, 1.165) is 11.4 Å². The van der Waals surface area contributed by atoms with Gasteiger partial charge in [0.1, 0.15) is 47.0 Å². The van der Waals surface area contributed by atoms with Crippen LogP contribution >= 0.6 is 0 Å². The molecule has 444 valence electrons. The first-order valence-electron chi connectivity index (χ1n) is 25.5. The fourth-order valence-corrected chi connectivity index (χ4v) is 9.62. The molecule has 30 heteroatoms. The van der Waals surface area contributed by atoms with Crippen molar-refractivity contribution in [3.8, 4) is 22.3 Å². The van der Waals surface area contributed by atoms with Crippen LogP contribution in [0.1, 0.15) is 33.6 Å². The summed E-state index contributed by atoms with van der Waals surface area (Å²) in [6, 6.07) is 8.81. The van der Waals surface area contributed by atoms with Crippen LogP contribution in [0.3, 0.4) is 0 Å². The minimum absolute atomic E-state index is 0.157. The smallest absolute Gasteiger partial charge is 0.382 e. The number of methoxy groups -OCH3 is 2. The SMILES string of the molecule is COCc1c(-c2ccc(NC(=O)Nc3cc(C(F)(F)F)ccc3F)c(F)c2)c2c(N)ncnn2c1CN1CCOCC1.COCc1c(-c2ccc(NC(=O)Nc3cc(C(F)(F)F)ccc3F)c(F)c2)c2c(N)ncnn2c1CN1CCOCC1. The number of hydrogen-bond acceptors (Lipinski definition) is 14. The Labute approximate surface area is 470 Å². The highest BCUT2D eigenvalue weighted by Gasteiger charge is 2.33. The second-order valence-electron chi connectivity index (χ2n) is 19.0. The number of fused-ring (bicyclic) bond motifs is 2. The van der Waals surface area contributed by atoms with Gasteiger partial charge in [0.25, 0.3) is 0 Å². The number of ether oxygens (including phenoxy) is 4. The molecule has 4 aromatic carbocycles. The van der Waals surface area contributed by atoms with Gasteiger partial charge in [0.05, 0.1) is 84.9 Å². The minimum atomic E-state index is -4.75. The summed E-state index contributed by atoms with van der Waals surface area (Å²) < 4.78 is 162. The van der Waals surface area contributed by atoms with Gasteiger partial charge in [-0.05, 0) is 71.8 Å². The molecule has 84 heavy (non-hydrogen) atoms. The molecule has 4 aromatic heterocycles. The number of nitrogens with two attached hydrogens (primary N) is 2. The van der Waals surface area contributed by atoms with E-state index in [1.165, 1.54) is 63.3 Å². The second-order valence-corrected chi connectivity index (χ2v) is 19.0. The van der Waals surface area contributed by atoms with E-state index in [0.29, 0.717) is 147 Å². The topological polar surface area (TPSA) is 238 Å². The number of halogens is 10. The second kappa shape index (κ2) is 25.4. The van der Waals surface area contributed by atoms with Crippen LogP contribution in [-0.4, -0.2) is 118 Å². The molecule has 2 aliphatic heterocycles. The van der Waals surface area contributed by atoms with Gasteiger partial charge in [-0.2, -0.15) is 36.5 Å². The normalized spacial score (nSPS) is 14.3. The lowest BCUT2D eigenvalue weighted by atomic mass is 10.0. The van der Waals surface area contributed by atoms with Crippen molar-refractivity contribution in [2.24, 2.45) is 0 Å². The Kier molecular flexibility index (Phi) is 18.1. The Morgan fingerprint density at radius 1 is 0.536 bits per heavy atom. The number of aromatic nitrogens is 6. The monoisotopic (exact) mass is 1180 g/mol. The Hall–Kier alpha value is -8.68. The first kappa shape index (κ1) is 59.9. The summed E-state index contributed by atoms with van der Waals surface area (Å²) in [5.74, 6) is -3.58. The minimum Gasteiger partial charge on any atom is -0.382 e. The van der Waals surface area contributed by atoms with Crippen LogP contribution in [0.15, 0.2) is 85.5 Å². The number of nitrogen functional groups attached to an aromatic ring is 2. The number of alkyl halides is 6. The molecule has 0 bridgehead atoms. The van der Waals surface area contributed by atoms with E-state index >= 15 is 8.78 Å². The standard InChI is InChI=1S/2C27H26F5N7O3/c2*1-41-13-17-22(12-38-6-8-42-9-7-38)39-24(25(33)34-14-35-39)23(17)15-2-5-20(19(29)10-15)36-26(40)37-21-11-16(27(30,31)32)3-4-18(21)28/h2*2-5,10-11,14H,6-9,12-13H2,1H3,(H2,33,34,35)(H2,36,37,40). The lowest BCUT2D eigenvalue weighted by Gasteiger charge is -2.26. The predicted molar refractivity (Wildman–Crippen MR) is 287 cm³/mol. The van der Waals surface area contributed by atoms with E-state index in [2.05, 4.69) is 40.6 Å². The van der Waals surface area contributed by atoms with Crippen LogP contribution in [0.4, 0.5) is 87.9 Å². The van der Waals surface area contributed by atoms with Crippen molar-refractivity contribution >= 4 is 57.5 Å². The number of hydrogen-bond donors (Lipinski definition) is 6. The molecule has 10 rings (SSSR count). The molecule has 0 atom stereocenters. The number of nitrogens with one attached hydrogen (secondary N) is 4. The fourth-order valence-electron chi connectivity index (χ4n) is 9.62. The molecule has 0 spiro atoms. The number of amides is 4. The van der Waals surface area contributed by atoms with E-state index < -0.39 is 70.2 Å². The highest BCUT2D eigenvalue weighted by Crippen LogP contribution is 2.40. The van der Waals surface area contributed by atoms with Gasteiger partial charge in [0.15, 0.2) is 11.6 Å². The Morgan fingerprint density at radius 2 is 0.905 bits per heavy atom. The molecule has 0 aliphatic carbocycles. The molecule has 20 nitrogen and oxygen atoms in total. The summed E-state index contributed by atoms with van der Waals surface area (Å²) in [6.45, 7) is 6.46. The lowest BCUT2D eigenvalue weighted by molar-refractivity contribution is -0.138. The number of urea groups is 2. The predicted octanol–water partition coefficient (Wildman–Crippen LogP) is 9.80. The summed E-state index contributed by atoms with van der Waals surface area (Å²) in [6.07, 6.45) is -6.84. The van der Waals surface area contributed by atoms with Crippen molar-refractivity contribution in [3.05, 3.63) is 142 Å². The van der Waals surface area contributed by atoms with Crippen LogP contribution in [-0.2, 0) is 57.6 Å². The molecule has 6 heterocycles. The van der Waals surface area contributed by atoms with Crippen molar-refractivity contribution in [2.75, 3.05) is 99.6 Å². The van der Waals surface area contributed by atoms with E-state index in [-0.39, 0.29) is 36.2 Å². The van der Waals surface area contributed by atoms with Crippen LogP contribution in [0.5, 0.6) is 0 Å². The summed E-state index contributed by atoms with van der Waals surface area (Å²) in [5.41, 5.74) is 13.9. The van der Waals surface area contributed by atoms with Gasteiger partial charge in [-0.25, -0.2) is 46.1 Å². The van der Waals surface area contributed by atoms with Crippen LogP contribution in [0.2, 0.25) is 0 Å². The molecule has 2 aliphatic rings. The zero-order valence-corrected chi connectivity index (χ0v) is 44.5. The highest BCUT2D eigenvalue weighted by atomic mass is 19.4. The fraction of sp³-hybridized carbons (Fsp3) is 0.296. The van der Waals surface area contributed by atoms with Crippen molar-refractivity contribution in [1.82, 2.24) is 39.0 Å². The van der Waals surface area contributed by atoms with Crippen molar-refractivity contribution in [3.63, 3.8) is 0 Å². The molecule has 4 amide bonds. The molecule has 8 N–H and O–H groups in total. The van der Waals surface area contributed by atoms with E-state index in [1.54, 1.807) is 9.03 Å². The number of carbonyl (C=O) groups is 2. The quantitative estimate of drug-likeness (QED) is 0.0556. The maximum atomic E-state index is 15.3. The largest absolute Gasteiger partial charge is 0.416 e. The Bertz CT molecular complexity index is 3480. The van der Waals surface area contributed by atoms with Gasteiger partial charge in [-0.3, -0.25) is 9.80 Å². The van der Waals surface area contributed by atoms with E-state index in [4.69, 9.17) is 30.4 Å². The third-order valence-corrected chi connectivity index (χ3v) is 13.5. The van der Waals surface area contributed by atoms with Gasteiger partial charge >= 0.3 is 24.4 Å². The van der Waals surface area contributed by atoms with Crippen molar-refractivity contribution < 1.29 is 72.4 Å². The molecule has 0 saturated carbocycles. The van der Waals surface area contributed by atoms with Crippen LogP contribution in [0.25, 0.3) is 33.3 Å². The van der Waals surface area contributed by atoms with E-state index in [9.17, 15) is 44.7 Å².